The summed E-state index contributed by atoms with van der Waals surface area (Å²) in [6, 6.07) is 5.80. The molecule has 0 bridgehead atoms. The fourth-order valence-corrected chi connectivity index (χ4v) is 8.16. The molecule has 11 nitrogen and oxygen atoms in total. The van der Waals surface area contributed by atoms with Crippen LogP contribution in [0.3, 0.4) is 0 Å². The second-order valence-corrected chi connectivity index (χ2v) is 13.3. The van der Waals surface area contributed by atoms with Gasteiger partial charge in [-0.15, -0.1) is 11.3 Å². The summed E-state index contributed by atoms with van der Waals surface area (Å²) < 4.78 is 37.9. The number of methoxy groups -OCH3 is 1. The third-order valence-corrected chi connectivity index (χ3v) is 10.8. The molecule has 5 rings (SSSR count). The second-order valence-electron chi connectivity index (χ2n) is 10.3. The van der Waals surface area contributed by atoms with Crippen molar-refractivity contribution in [2.75, 3.05) is 65.4 Å². The van der Waals surface area contributed by atoms with Crippen LogP contribution >= 0.6 is 11.3 Å². The highest BCUT2D eigenvalue weighted by Gasteiger charge is 2.33. The first-order valence-corrected chi connectivity index (χ1v) is 15.6. The van der Waals surface area contributed by atoms with Crippen LogP contribution in [0, 0.1) is 5.92 Å². The molecule has 2 saturated heterocycles. The normalized spacial score (nSPS) is 19.2. The molecule has 0 unspecified atom stereocenters. The number of nitrogens with one attached hydrogen (secondary N) is 1. The fraction of sp³-hybridized carbons (Fsp3) is 0.519. The number of carbonyl (C=O) groups is 3. The maximum Gasteiger partial charge on any atom is 0.308 e. The van der Waals surface area contributed by atoms with E-state index in [1.807, 2.05) is 7.05 Å². The number of rotatable bonds is 6. The van der Waals surface area contributed by atoms with Gasteiger partial charge in [-0.1, -0.05) is 0 Å². The van der Waals surface area contributed by atoms with Gasteiger partial charge >= 0.3 is 5.97 Å². The first-order chi connectivity index (χ1) is 19.2. The van der Waals surface area contributed by atoms with Crippen molar-refractivity contribution in [2.45, 2.75) is 30.7 Å². The number of esters is 1. The van der Waals surface area contributed by atoms with Crippen LogP contribution in [0.5, 0.6) is 0 Å². The van der Waals surface area contributed by atoms with Crippen molar-refractivity contribution in [1.82, 2.24) is 14.1 Å². The van der Waals surface area contributed by atoms with Crippen molar-refractivity contribution < 1.29 is 32.3 Å². The number of nitrogens with zero attached hydrogens (tertiary/aromatic N) is 3. The maximum atomic E-state index is 13.5. The molecule has 0 aliphatic carbocycles. The Bertz CT molecular complexity index is 1380. The number of thiophene rings is 1. The summed E-state index contributed by atoms with van der Waals surface area (Å²) in [7, 11) is -0.411. The summed E-state index contributed by atoms with van der Waals surface area (Å²) >= 11 is 1.42. The lowest BCUT2D eigenvalue weighted by atomic mass is 9.99. The molecule has 2 fully saturated rings. The summed E-state index contributed by atoms with van der Waals surface area (Å²) in [5, 5.41) is 3.46. The van der Waals surface area contributed by atoms with Crippen LogP contribution in [0.4, 0.5) is 5.00 Å². The van der Waals surface area contributed by atoms with Gasteiger partial charge in [-0.25, -0.2) is 8.42 Å². The van der Waals surface area contributed by atoms with E-state index in [1.165, 1.54) is 47.0 Å². The monoisotopic (exact) mass is 590 g/mol. The van der Waals surface area contributed by atoms with E-state index in [9.17, 15) is 22.8 Å². The number of anilines is 1. The molecule has 0 atom stereocenters. The topological polar surface area (TPSA) is 126 Å². The Balaban J connectivity index is 1.32. The van der Waals surface area contributed by atoms with Gasteiger partial charge in [0.1, 0.15) is 5.00 Å². The fourth-order valence-electron chi connectivity index (χ4n) is 5.37. The minimum atomic E-state index is -3.77. The van der Waals surface area contributed by atoms with Crippen LogP contribution in [0.1, 0.15) is 44.0 Å². The van der Waals surface area contributed by atoms with Gasteiger partial charge < -0.3 is 24.6 Å². The van der Waals surface area contributed by atoms with E-state index >= 15 is 0 Å². The molecule has 2 amide bonds. The predicted molar refractivity (Wildman–Crippen MR) is 149 cm³/mol. The van der Waals surface area contributed by atoms with E-state index in [2.05, 4.69) is 10.2 Å². The summed E-state index contributed by atoms with van der Waals surface area (Å²) in [5.74, 6) is -1.13. The molecular weight excluding hydrogens is 556 g/mol. The lowest BCUT2D eigenvalue weighted by Gasteiger charge is -2.29. The van der Waals surface area contributed by atoms with E-state index < -0.39 is 15.9 Å². The Kier molecular flexibility index (Phi) is 8.57. The highest BCUT2D eigenvalue weighted by Crippen LogP contribution is 2.38. The number of hydrogen-bond acceptors (Lipinski definition) is 9. The zero-order valence-corrected chi connectivity index (χ0v) is 24.3. The van der Waals surface area contributed by atoms with Gasteiger partial charge in [-0.05, 0) is 56.1 Å². The zero-order valence-electron chi connectivity index (χ0n) is 22.7. The molecule has 0 spiro atoms. The Morgan fingerprint density at radius 2 is 1.70 bits per heavy atom. The number of fused-ring (bicyclic) bond motifs is 1. The summed E-state index contributed by atoms with van der Waals surface area (Å²) in [5.41, 5.74) is 1.84. The van der Waals surface area contributed by atoms with Crippen LogP contribution in [-0.4, -0.2) is 100 Å². The lowest BCUT2D eigenvalue weighted by Crippen LogP contribution is -2.41. The Labute approximate surface area is 238 Å². The predicted octanol–water partition coefficient (Wildman–Crippen LogP) is 2.03. The Hall–Kier alpha value is -2.84. The molecule has 0 radical (unpaired) electrons. The van der Waals surface area contributed by atoms with E-state index in [4.69, 9.17) is 9.47 Å². The third-order valence-electron chi connectivity index (χ3n) is 7.73. The van der Waals surface area contributed by atoms with E-state index in [-0.39, 0.29) is 41.3 Å². The minimum Gasteiger partial charge on any atom is -0.469 e. The molecule has 3 aliphatic rings. The standard InChI is InChI=1S/C27H34N4O7S2/c1-29-10-9-21-22(17-29)39-25(23(21)26(33)30-13-15-38-16-14-30)28-24(32)18-3-5-20(6-4-18)40(35,36)31-11-7-19(8-12-31)27(34)37-2/h3-6,19H,7-17H2,1-2H3,(H,28,32). The number of benzene rings is 1. The highest BCUT2D eigenvalue weighted by molar-refractivity contribution is 7.89. The second kappa shape index (κ2) is 12.0. The molecule has 2 aromatic rings. The number of morpholine rings is 1. The maximum absolute atomic E-state index is 13.5. The van der Waals surface area contributed by atoms with Crippen molar-refractivity contribution in [3.63, 3.8) is 0 Å². The quantitative estimate of drug-likeness (QED) is 0.507. The number of amides is 2. The molecule has 40 heavy (non-hydrogen) atoms. The number of hydrogen-bond donors (Lipinski definition) is 1. The van der Waals surface area contributed by atoms with Gasteiger partial charge in [0, 0.05) is 49.7 Å². The van der Waals surface area contributed by atoms with Crippen molar-refractivity contribution in [1.29, 1.82) is 0 Å². The molecule has 1 aromatic carbocycles. The lowest BCUT2D eigenvalue weighted by molar-refractivity contribution is -0.146. The van der Waals surface area contributed by atoms with E-state index in [1.54, 1.807) is 4.90 Å². The van der Waals surface area contributed by atoms with E-state index in [0.717, 1.165) is 23.4 Å². The van der Waals surface area contributed by atoms with Crippen molar-refractivity contribution in [3.8, 4) is 0 Å². The summed E-state index contributed by atoms with van der Waals surface area (Å²) in [6.45, 7) is 3.98. The van der Waals surface area contributed by atoms with E-state index in [0.29, 0.717) is 56.3 Å². The number of likely N-dealkylation sites (N-methyl/N-ethyl adjacent to an activating group) is 1. The van der Waals surface area contributed by atoms with Gasteiger partial charge in [0.25, 0.3) is 11.8 Å². The van der Waals surface area contributed by atoms with Gasteiger partial charge in [0.2, 0.25) is 10.0 Å². The Morgan fingerprint density at radius 1 is 1.02 bits per heavy atom. The highest BCUT2D eigenvalue weighted by atomic mass is 32.2. The molecule has 13 heteroatoms. The number of sulfonamides is 1. The average molecular weight is 591 g/mol. The molecule has 1 N–H and O–H groups in total. The van der Waals surface area contributed by atoms with Crippen molar-refractivity contribution in [2.24, 2.45) is 5.92 Å². The Morgan fingerprint density at radius 3 is 2.35 bits per heavy atom. The van der Waals surface area contributed by atoms with Gasteiger partial charge in [0.15, 0.2) is 0 Å². The molecule has 4 heterocycles. The minimum absolute atomic E-state index is 0.0818. The zero-order chi connectivity index (χ0) is 28.4. The van der Waals surface area contributed by atoms with Crippen LogP contribution in [0.15, 0.2) is 29.2 Å². The van der Waals surface area contributed by atoms with Crippen molar-refractivity contribution >= 4 is 44.1 Å². The van der Waals surface area contributed by atoms with Crippen LogP contribution in [0.2, 0.25) is 0 Å². The number of carbonyl (C=O) groups excluding carboxylic acids is 3. The first-order valence-electron chi connectivity index (χ1n) is 13.4. The van der Waals surface area contributed by atoms with Gasteiger partial charge in [0.05, 0.1) is 36.7 Å². The molecule has 0 saturated carbocycles. The van der Waals surface area contributed by atoms with Crippen molar-refractivity contribution in [3.05, 3.63) is 45.8 Å². The summed E-state index contributed by atoms with van der Waals surface area (Å²) in [4.78, 5) is 43.7. The van der Waals surface area contributed by atoms with Gasteiger partial charge in [-0.3, -0.25) is 14.4 Å². The SMILES string of the molecule is COC(=O)C1CCN(S(=O)(=O)c2ccc(C(=O)Nc3sc4c(c3C(=O)N3CCOCC3)CCN(C)C4)cc2)CC1. The van der Waals surface area contributed by atoms with Gasteiger partial charge in [-0.2, -0.15) is 4.31 Å². The molecular formula is C27H34N4O7S2. The number of piperidine rings is 1. The largest absolute Gasteiger partial charge is 0.469 e. The molecule has 216 valence electrons. The first kappa shape index (κ1) is 28.7. The van der Waals surface area contributed by atoms with Crippen LogP contribution < -0.4 is 5.32 Å². The third kappa shape index (κ3) is 5.79. The number of ether oxygens (including phenoxy) is 2. The summed E-state index contributed by atoms with van der Waals surface area (Å²) in [6.07, 6.45) is 1.53. The smallest absolute Gasteiger partial charge is 0.308 e. The average Bonchev–Trinajstić information content (AvgIpc) is 3.33. The van der Waals surface area contributed by atoms with Crippen LogP contribution in [-0.2, 0) is 37.3 Å². The molecule has 1 aromatic heterocycles. The molecule has 3 aliphatic heterocycles. The van der Waals surface area contributed by atoms with Crippen LogP contribution in [0.25, 0.3) is 0 Å².